The Morgan fingerprint density at radius 3 is 2.33 bits per heavy atom. The molecule has 86 valence electrons. The van der Waals surface area contributed by atoms with Crippen molar-refractivity contribution in [1.82, 2.24) is 5.32 Å². The highest BCUT2D eigenvalue weighted by Crippen LogP contribution is 2.43. The van der Waals surface area contributed by atoms with Gasteiger partial charge >= 0.3 is 12.4 Å². The molecule has 2 N–H and O–H groups in total. The fourth-order valence-corrected chi connectivity index (χ4v) is 1.77. The highest BCUT2D eigenvalue weighted by atomic mass is 19.3. The summed E-state index contributed by atoms with van der Waals surface area (Å²) in [6.07, 6.45) is -0.882. The first-order chi connectivity index (χ1) is 6.95. The van der Waals surface area contributed by atoms with Crippen LogP contribution in [0.25, 0.3) is 0 Å². The summed E-state index contributed by atoms with van der Waals surface area (Å²) in [5.41, 5.74) is -0.504. The molecule has 4 nitrogen and oxygen atoms in total. The van der Waals surface area contributed by atoms with E-state index >= 15 is 0 Å². The molecule has 6 heteroatoms. The number of hydrogen-bond donors (Lipinski definition) is 2. The van der Waals surface area contributed by atoms with Crippen molar-refractivity contribution in [3.63, 3.8) is 0 Å². The first-order valence-electron chi connectivity index (χ1n) is 4.73. The number of rotatable bonds is 5. The van der Waals surface area contributed by atoms with Crippen molar-refractivity contribution in [3.05, 3.63) is 0 Å². The number of hydrogen-bond acceptors (Lipinski definition) is 2. The highest BCUT2D eigenvalue weighted by molar-refractivity contribution is 5.79. The second kappa shape index (κ2) is 4.55. The maximum Gasteiger partial charge on any atom is 0.315 e. The summed E-state index contributed by atoms with van der Waals surface area (Å²) in [6.45, 7) is 0.0302. The maximum absolute atomic E-state index is 11.9. The first-order valence-corrected chi connectivity index (χ1v) is 4.73. The summed E-state index contributed by atoms with van der Waals surface area (Å²) in [7, 11) is 0. The van der Waals surface area contributed by atoms with Crippen LogP contribution < -0.4 is 5.32 Å². The normalized spacial score (nSPS) is 18.3. The summed E-state index contributed by atoms with van der Waals surface area (Å²) in [5.74, 6) is -2.28. The molecular formula is C9H13F2NO3. The van der Waals surface area contributed by atoms with Crippen LogP contribution in [0.2, 0.25) is 0 Å². The molecule has 1 aliphatic carbocycles. The van der Waals surface area contributed by atoms with Crippen LogP contribution in [0.15, 0.2) is 0 Å². The number of carbonyl (C=O) groups is 2. The van der Waals surface area contributed by atoms with Crippen molar-refractivity contribution in [1.29, 1.82) is 0 Å². The summed E-state index contributed by atoms with van der Waals surface area (Å²) in [5, 5.41) is 10.7. The topological polar surface area (TPSA) is 66.4 Å². The molecule has 0 aromatic carbocycles. The minimum atomic E-state index is -3.04. The van der Waals surface area contributed by atoms with Crippen molar-refractivity contribution in [2.24, 2.45) is 5.41 Å². The smallest absolute Gasteiger partial charge is 0.315 e. The lowest BCUT2D eigenvalue weighted by molar-refractivity contribution is -0.142. The van der Waals surface area contributed by atoms with Crippen LogP contribution in [-0.2, 0) is 9.59 Å². The van der Waals surface area contributed by atoms with Gasteiger partial charge in [-0.15, -0.1) is 0 Å². The second-order valence-electron chi connectivity index (χ2n) is 3.94. The second-order valence-corrected chi connectivity index (χ2v) is 3.94. The number of carbonyl (C=O) groups excluding carboxylic acids is 1. The number of carboxylic acids is 1. The molecule has 1 rings (SSSR count). The zero-order valence-electron chi connectivity index (χ0n) is 8.13. The minimum Gasteiger partial charge on any atom is -0.481 e. The van der Waals surface area contributed by atoms with Gasteiger partial charge in [-0.1, -0.05) is 6.42 Å². The van der Waals surface area contributed by atoms with E-state index in [1.54, 1.807) is 0 Å². The highest BCUT2D eigenvalue weighted by Gasteiger charge is 2.39. The zero-order chi connectivity index (χ0) is 11.5. The molecule has 1 fully saturated rings. The predicted molar refractivity (Wildman–Crippen MR) is 47.6 cm³/mol. The fourth-order valence-electron chi connectivity index (χ4n) is 1.77. The van der Waals surface area contributed by atoms with Crippen LogP contribution in [0.5, 0.6) is 0 Å². The van der Waals surface area contributed by atoms with Gasteiger partial charge in [-0.2, -0.15) is 8.78 Å². The number of aliphatic carboxylic acids is 1. The van der Waals surface area contributed by atoms with Gasteiger partial charge in [-0.25, -0.2) is 0 Å². The molecule has 0 spiro atoms. The number of carboxylic acid groups (broad SMARTS) is 1. The van der Waals surface area contributed by atoms with Crippen molar-refractivity contribution in [2.75, 3.05) is 6.54 Å². The molecule has 1 aliphatic rings. The molecule has 0 saturated heterocycles. The van der Waals surface area contributed by atoms with Gasteiger partial charge in [0.1, 0.15) is 0 Å². The summed E-state index contributed by atoms with van der Waals surface area (Å²) < 4.78 is 23.7. The summed E-state index contributed by atoms with van der Waals surface area (Å²) in [6, 6.07) is 0. The predicted octanol–water partition coefficient (Wildman–Crippen LogP) is 1.01. The SMILES string of the molecule is O=C(O)CC1(CNC(=O)C(F)F)CCC1. The molecule has 0 radical (unpaired) electrons. The Labute approximate surface area is 85.7 Å². The lowest BCUT2D eigenvalue weighted by Crippen LogP contribution is -2.45. The third-order valence-corrected chi connectivity index (χ3v) is 2.78. The molecule has 0 aromatic heterocycles. The molecular weight excluding hydrogens is 208 g/mol. The summed E-state index contributed by atoms with van der Waals surface area (Å²) in [4.78, 5) is 21.1. The van der Waals surface area contributed by atoms with E-state index in [0.717, 1.165) is 6.42 Å². The third kappa shape index (κ3) is 3.14. The van der Waals surface area contributed by atoms with E-state index in [9.17, 15) is 18.4 Å². The Morgan fingerprint density at radius 2 is 2.00 bits per heavy atom. The molecule has 0 bridgehead atoms. The Balaban J connectivity index is 2.40. The first kappa shape index (κ1) is 11.9. The van der Waals surface area contributed by atoms with E-state index in [1.807, 2.05) is 0 Å². The van der Waals surface area contributed by atoms with Crippen molar-refractivity contribution in [2.45, 2.75) is 32.1 Å². The Kier molecular flexibility index (Phi) is 3.60. The van der Waals surface area contributed by atoms with E-state index in [4.69, 9.17) is 5.11 Å². The largest absolute Gasteiger partial charge is 0.481 e. The molecule has 1 amide bonds. The van der Waals surface area contributed by atoms with Crippen LogP contribution >= 0.6 is 0 Å². The number of nitrogens with one attached hydrogen (secondary N) is 1. The van der Waals surface area contributed by atoms with Gasteiger partial charge in [-0.3, -0.25) is 9.59 Å². The molecule has 0 atom stereocenters. The van der Waals surface area contributed by atoms with Gasteiger partial charge in [-0.05, 0) is 18.3 Å². The molecule has 0 heterocycles. The molecule has 0 aliphatic heterocycles. The van der Waals surface area contributed by atoms with Gasteiger partial charge < -0.3 is 10.4 Å². The van der Waals surface area contributed by atoms with Crippen LogP contribution in [-0.4, -0.2) is 30.0 Å². The van der Waals surface area contributed by atoms with Gasteiger partial charge in [0.05, 0.1) is 6.42 Å². The molecule has 0 aromatic rings. The van der Waals surface area contributed by atoms with Crippen LogP contribution in [0, 0.1) is 5.41 Å². The number of halogens is 2. The van der Waals surface area contributed by atoms with Gasteiger partial charge in [0.2, 0.25) is 0 Å². The minimum absolute atomic E-state index is 0.0302. The quantitative estimate of drug-likeness (QED) is 0.728. The lowest BCUT2D eigenvalue weighted by Gasteiger charge is -2.40. The average molecular weight is 221 g/mol. The zero-order valence-corrected chi connectivity index (χ0v) is 8.13. The standard InChI is InChI=1S/C9H13F2NO3/c10-7(11)8(15)12-5-9(2-1-3-9)4-6(13)14/h7H,1-5H2,(H,12,15)(H,13,14). The van der Waals surface area contributed by atoms with Gasteiger partial charge in [0.25, 0.3) is 5.91 Å². The van der Waals surface area contributed by atoms with E-state index in [2.05, 4.69) is 5.32 Å². The van der Waals surface area contributed by atoms with Gasteiger partial charge in [0.15, 0.2) is 0 Å². The summed E-state index contributed by atoms with van der Waals surface area (Å²) >= 11 is 0. The van der Waals surface area contributed by atoms with E-state index in [-0.39, 0.29) is 13.0 Å². The van der Waals surface area contributed by atoms with Gasteiger partial charge in [0, 0.05) is 6.54 Å². The van der Waals surface area contributed by atoms with Crippen LogP contribution in [0.1, 0.15) is 25.7 Å². The van der Waals surface area contributed by atoms with Crippen molar-refractivity contribution in [3.8, 4) is 0 Å². The molecule has 15 heavy (non-hydrogen) atoms. The monoisotopic (exact) mass is 221 g/mol. The van der Waals surface area contributed by atoms with Crippen molar-refractivity contribution >= 4 is 11.9 Å². The average Bonchev–Trinajstić information content (AvgIpc) is 2.08. The molecule has 0 unspecified atom stereocenters. The van der Waals surface area contributed by atoms with E-state index in [0.29, 0.717) is 12.8 Å². The van der Waals surface area contributed by atoms with E-state index < -0.39 is 23.7 Å². The molecule has 1 saturated carbocycles. The maximum atomic E-state index is 11.9. The van der Waals surface area contributed by atoms with Crippen LogP contribution in [0.4, 0.5) is 8.78 Å². The lowest BCUT2D eigenvalue weighted by atomic mass is 9.66. The van der Waals surface area contributed by atoms with Crippen LogP contribution in [0.3, 0.4) is 0 Å². The third-order valence-electron chi connectivity index (χ3n) is 2.78. The Hall–Kier alpha value is -1.20. The number of amides is 1. The number of alkyl halides is 2. The Morgan fingerprint density at radius 1 is 1.40 bits per heavy atom. The fraction of sp³-hybridized carbons (Fsp3) is 0.778. The van der Waals surface area contributed by atoms with Crippen molar-refractivity contribution < 1.29 is 23.5 Å². The Bertz CT molecular complexity index is 264. The van der Waals surface area contributed by atoms with E-state index in [1.165, 1.54) is 0 Å².